The molecule has 0 aliphatic rings. The number of nitrogens with one attached hydrogen (secondary N) is 1. The lowest BCUT2D eigenvalue weighted by Crippen LogP contribution is -2.21. The van der Waals surface area contributed by atoms with Gasteiger partial charge in [-0.25, -0.2) is 4.79 Å². The molecule has 0 aromatic carbocycles. The van der Waals surface area contributed by atoms with Crippen LogP contribution < -0.4 is 5.32 Å². The molecule has 0 radical (unpaired) electrons. The summed E-state index contributed by atoms with van der Waals surface area (Å²) in [6.45, 7) is 0. The van der Waals surface area contributed by atoms with E-state index < -0.39 is 21.7 Å². The van der Waals surface area contributed by atoms with Crippen LogP contribution in [-0.2, 0) is 10.1 Å². The molecule has 0 aliphatic carbocycles. The summed E-state index contributed by atoms with van der Waals surface area (Å²) < 4.78 is 57.5. The first kappa shape index (κ1) is 14.5. The molecule has 0 aliphatic heterocycles. The maximum Gasteiger partial charge on any atom is 0.522 e. The molecule has 1 amide bonds. The topological polar surface area (TPSA) is 104 Å². The number of carboxylic acid groups (broad SMARTS) is 1. The van der Waals surface area contributed by atoms with Gasteiger partial charge in [0, 0.05) is 7.05 Å². The zero-order chi connectivity index (χ0) is 11.3. The number of amides is 1. The van der Waals surface area contributed by atoms with Crippen LogP contribution in [0.3, 0.4) is 0 Å². The highest BCUT2D eigenvalue weighted by Crippen LogP contribution is 2.20. The third-order valence-corrected chi connectivity index (χ3v) is 1.09. The molecule has 10 heteroatoms. The van der Waals surface area contributed by atoms with Gasteiger partial charge in [-0.3, -0.25) is 4.55 Å². The molecular formula is C3H6F3NO5S. The van der Waals surface area contributed by atoms with Gasteiger partial charge < -0.3 is 10.4 Å². The minimum absolute atomic E-state index is 0.995. The van der Waals surface area contributed by atoms with Gasteiger partial charge in [-0.1, -0.05) is 0 Å². The van der Waals surface area contributed by atoms with Crippen LogP contribution in [0.4, 0.5) is 18.0 Å². The fourth-order valence-corrected chi connectivity index (χ4v) is 0. The first-order chi connectivity index (χ1) is 5.52. The van der Waals surface area contributed by atoms with E-state index >= 15 is 0 Å². The van der Waals surface area contributed by atoms with Gasteiger partial charge in [0.15, 0.2) is 0 Å². The average molecular weight is 225 g/mol. The van der Waals surface area contributed by atoms with Crippen molar-refractivity contribution in [1.29, 1.82) is 0 Å². The van der Waals surface area contributed by atoms with Crippen LogP contribution in [0.25, 0.3) is 0 Å². The van der Waals surface area contributed by atoms with Gasteiger partial charge in [-0.05, 0) is 0 Å². The number of hydrogen-bond donors (Lipinski definition) is 3. The van der Waals surface area contributed by atoms with Crippen LogP contribution in [0.15, 0.2) is 0 Å². The highest BCUT2D eigenvalue weighted by molar-refractivity contribution is 7.86. The molecule has 0 rings (SSSR count). The van der Waals surface area contributed by atoms with E-state index in [9.17, 15) is 18.0 Å². The summed E-state index contributed by atoms with van der Waals surface area (Å²) in [6.07, 6.45) is -0.995. The quantitative estimate of drug-likeness (QED) is 0.405. The van der Waals surface area contributed by atoms with Crippen molar-refractivity contribution < 1.29 is 36.0 Å². The summed E-state index contributed by atoms with van der Waals surface area (Å²) in [7, 11) is -4.49. The molecule has 0 heterocycles. The second kappa shape index (κ2) is 4.87. The van der Waals surface area contributed by atoms with Gasteiger partial charge in [0.2, 0.25) is 0 Å². The lowest BCUT2D eigenvalue weighted by atomic mass is 11.1. The van der Waals surface area contributed by atoms with Crippen LogP contribution in [-0.4, -0.2) is 36.7 Å². The fraction of sp³-hybridized carbons (Fsp3) is 0.667. The summed E-state index contributed by atoms with van der Waals surface area (Å²) >= 11 is 0. The molecule has 0 bridgehead atoms. The molecule has 13 heavy (non-hydrogen) atoms. The maximum absolute atomic E-state index is 10.7. The van der Waals surface area contributed by atoms with Crippen molar-refractivity contribution in [1.82, 2.24) is 5.32 Å². The lowest BCUT2D eigenvalue weighted by molar-refractivity contribution is -0.0510. The molecule has 0 saturated heterocycles. The smallest absolute Gasteiger partial charge is 0.465 e. The third kappa shape index (κ3) is 8.88. The van der Waals surface area contributed by atoms with Crippen LogP contribution in [0, 0.1) is 0 Å². The molecule has 3 N–H and O–H groups in total. The van der Waals surface area contributed by atoms with Crippen molar-refractivity contribution in [3.8, 4) is 0 Å². The van der Waals surface area contributed by atoms with Crippen molar-refractivity contribution in [3.05, 3.63) is 0 Å². The van der Waals surface area contributed by atoms with E-state index in [1.165, 1.54) is 7.05 Å². The van der Waals surface area contributed by atoms with E-state index in [1.807, 2.05) is 5.32 Å². The molecule has 0 aromatic rings. The van der Waals surface area contributed by atoms with Gasteiger partial charge >= 0.3 is 21.7 Å². The van der Waals surface area contributed by atoms with Crippen molar-refractivity contribution in [3.63, 3.8) is 0 Å². The monoisotopic (exact) mass is 225 g/mol. The lowest BCUT2D eigenvalue weighted by Gasteiger charge is -1.97. The van der Waals surface area contributed by atoms with Gasteiger partial charge in [-0.15, -0.1) is 0 Å². The van der Waals surface area contributed by atoms with E-state index in [0.29, 0.717) is 0 Å². The van der Waals surface area contributed by atoms with E-state index in [1.54, 1.807) is 0 Å². The number of alkyl halides is 3. The predicted octanol–water partition coefficient (Wildman–Crippen LogP) is 0.278. The van der Waals surface area contributed by atoms with Gasteiger partial charge in [-0.2, -0.15) is 21.6 Å². The first-order valence-electron chi connectivity index (χ1n) is 2.46. The predicted molar refractivity (Wildman–Crippen MR) is 34.7 cm³/mol. The molecule has 0 atom stereocenters. The number of halogens is 3. The van der Waals surface area contributed by atoms with Crippen molar-refractivity contribution in [2.45, 2.75) is 5.51 Å². The van der Waals surface area contributed by atoms with Gasteiger partial charge in [0.25, 0.3) is 0 Å². The second-order valence-electron chi connectivity index (χ2n) is 1.48. The van der Waals surface area contributed by atoms with Crippen LogP contribution in [0.1, 0.15) is 0 Å². The average Bonchev–Trinajstić information content (AvgIpc) is 1.84. The SMILES string of the molecule is CNC(=O)O.O=S(=O)(O)C(F)(F)F. The maximum atomic E-state index is 10.7. The zero-order valence-corrected chi connectivity index (χ0v) is 6.98. The van der Waals surface area contributed by atoms with Crippen molar-refractivity contribution >= 4 is 16.2 Å². The van der Waals surface area contributed by atoms with E-state index in [0.717, 1.165) is 0 Å². The highest BCUT2D eigenvalue weighted by Gasteiger charge is 2.44. The molecule has 80 valence electrons. The summed E-state index contributed by atoms with van der Waals surface area (Å²) in [6, 6.07) is 0. The highest BCUT2D eigenvalue weighted by atomic mass is 32.2. The van der Waals surface area contributed by atoms with E-state index in [-0.39, 0.29) is 0 Å². The summed E-state index contributed by atoms with van der Waals surface area (Å²) in [5.41, 5.74) is -5.53. The Kier molecular flexibility index (Phi) is 5.42. The molecule has 0 fully saturated rings. The molecule has 0 spiro atoms. The Morgan fingerprint density at radius 3 is 1.54 bits per heavy atom. The first-order valence-corrected chi connectivity index (χ1v) is 3.90. The standard InChI is InChI=1S/C2H5NO2.CHF3O3S/c1-3-2(4)5;2-1(3,4)8(5,6)7/h3H,1H3,(H,4,5);(H,5,6,7). The largest absolute Gasteiger partial charge is 0.522 e. The Morgan fingerprint density at radius 2 is 1.54 bits per heavy atom. The summed E-state index contributed by atoms with van der Waals surface area (Å²) in [5.74, 6) is 0. The van der Waals surface area contributed by atoms with Crippen LogP contribution >= 0.6 is 0 Å². The third-order valence-electron chi connectivity index (χ3n) is 0.506. The number of carbonyl (C=O) groups is 1. The summed E-state index contributed by atoms with van der Waals surface area (Å²) in [4.78, 5) is 9.26. The molecule has 0 saturated carbocycles. The summed E-state index contributed by atoms with van der Waals surface area (Å²) in [5, 5.41) is 9.56. The second-order valence-corrected chi connectivity index (χ2v) is 2.89. The van der Waals surface area contributed by atoms with E-state index in [4.69, 9.17) is 18.1 Å². The Hall–Kier alpha value is -1.03. The molecule has 0 unspecified atom stereocenters. The number of rotatable bonds is 0. The number of hydrogen-bond acceptors (Lipinski definition) is 3. The Bertz CT molecular complexity index is 257. The van der Waals surface area contributed by atoms with Gasteiger partial charge in [0.05, 0.1) is 0 Å². The van der Waals surface area contributed by atoms with Crippen LogP contribution in [0.2, 0.25) is 0 Å². The molecule has 0 aromatic heterocycles. The fourth-order valence-electron chi connectivity index (χ4n) is 0. The van der Waals surface area contributed by atoms with E-state index in [2.05, 4.69) is 0 Å². The molecular weight excluding hydrogens is 219 g/mol. The minimum Gasteiger partial charge on any atom is -0.465 e. The van der Waals surface area contributed by atoms with Crippen molar-refractivity contribution in [2.24, 2.45) is 0 Å². The normalized spacial score (nSPS) is 11.2. The zero-order valence-electron chi connectivity index (χ0n) is 6.16. The van der Waals surface area contributed by atoms with Crippen molar-refractivity contribution in [2.75, 3.05) is 7.05 Å². The Labute approximate surface area is 71.1 Å². The Morgan fingerprint density at radius 1 is 1.38 bits per heavy atom. The molecule has 6 nitrogen and oxygen atoms in total. The minimum atomic E-state index is -5.84. The van der Waals surface area contributed by atoms with Crippen LogP contribution in [0.5, 0.6) is 0 Å². The Balaban J connectivity index is 0. The van der Waals surface area contributed by atoms with Gasteiger partial charge in [0.1, 0.15) is 0 Å².